The second-order valence-corrected chi connectivity index (χ2v) is 18.4. The highest BCUT2D eigenvalue weighted by Gasteiger charge is 2.36. The van der Waals surface area contributed by atoms with E-state index < -0.39 is 17.3 Å². The normalized spacial score (nSPS) is 11.2. The van der Waals surface area contributed by atoms with Gasteiger partial charge in [-0.2, -0.15) is 18.4 Å². The highest BCUT2D eigenvalue weighted by Crippen LogP contribution is 2.49. The lowest BCUT2D eigenvalue weighted by Gasteiger charge is -2.22. The zero-order valence-corrected chi connectivity index (χ0v) is 40.8. The van der Waals surface area contributed by atoms with Crippen molar-refractivity contribution in [2.45, 2.75) is 6.18 Å². The summed E-state index contributed by atoms with van der Waals surface area (Å²) in [5, 5.41) is 14.4. The second kappa shape index (κ2) is 18.8. The number of halogens is 3. The Bertz CT molecular complexity index is 4590. The first kappa shape index (κ1) is 47.5. The van der Waals surface area contributed by atoms with E-state index >= 15 is 13.2 Å². The Morgan fingerprint density at radius 3 is 1.00 bits per heavy atom. The molecule has 0 fully saturated rings. The number of nitrogens with zero attached hydrogens (tertiary/aromatic N) is 8. The van der Waals surface area contributed by atoms with Gasteiger partial charge in [0.1, 0.15) is 0 Å². The van der Waals surface area contributed by atoms with E-state index in [4.69, 9.17) is 32.9 Å². The maximum absolute atomic E-state index is 15.5. The van der Waals surface area contributed by atoms with Crippen LogP contribution in [0, 0.1) is 44.2 Å². The van der Waals surface area contributed by atoms with Crippen molar-refractivity contribution in [1.82, 2.24) is 9.13 Å². The summed E-state index contributed by atoms with van der Waals surface area (Å²) in [4.78, 5) is 19.0. The molecule has 0 radical (unpaired) electrons. The summed E-state index contributed by atoms with van der Waals surface area (Å²) >= 11 is 0. The maximum atomic E-state index is 15.5. The highest BCUT2D eigenvalue weighted by atomic mass is 19.4. The van der Waals surface area contributed by atoms with Crippen LogP contribution in [0.1, 0.15) is 11.1 Å². The monoisotopic (exact) mass is 1010 g/mol. The summed E-state index contributed by atoms with van der Waals surface area (Å²) in [5.74, 6) is 0. The molecule has 0 saturated heterocycles. The Kier molecular flexibility index (Phi) is 11.4. The molecule has 78 heavy (non-hydrogen) atoms. The number of alkyl halides is 3. The van der Waals surface area contributed by atoms with Crippen molar-refractivity contribution in [2.75, 3.05) is 0 Å². The van der Waals surface area contributed by atoms with Crippen LogP contribution in [0.25, 0.3) is 135 Å². The first-order valence-corrected chi connectivity index (χ1v) is 24.3. The first-order valence-electron chi connectivity index (χ1n) is 24.3. The molecule has 12 rings (SSSR count). The molecule has 0 unspecified atom stereocenters. The van der Waals surface area contributed by atoms with Crippen LogP contribution in [0.4, 0.5) is 41.6 Å². The van der Waals surface area contributed by atoms with Crippen LogP contribution in [0.3, 0.4) is 0 Å². The maximum Gasteiger partial charge on any atom is 0.415 e. The molecule has 0 saturated carbocycles. The van der Waals surface area contributed by atoms with Gasteiger partial charge >= 0.3 is 6.18 Å². The molecular formula is C67H33F3N8. The lowest BCUT2D eigenvalue weighted by atomic mass is 9.92. The van der Waals surface area contributed by atoms with E-state index in [1.54, 1.807) is 60.7 Å². The van der Waals surface area contributed by atoms with E-state index in [-0.39, 0.29) is 16.8 Å². The first-order chi connectivity index (χ1) is 38.1. The largest absolute Gasteiger partial charge is 0.415 e. The van der Waals surface area contributed by atoms with Crippen LogP contribution < -0.4 is 0 Å². The van der Waals surface area contributed by atoms with Crippen LogP contribution >= 0.6 is 0 Å². The summed E-state index contributed by atoms with van der Waals surface area (Å²) in [5.41, 5.74) is 8.12. The topological polar surface area (TPSA) is 55.4 Å². The standard InChI is InChI=1S/C67H33F3N8/c1-72-55-20-10-6-15-45(55)40-25-29-49-50-30-26-41(46-16-7-11-21-56(46)73-2)34-61(50)77(60(49)33-40)64-37-44(39-71)53(66-54(67(68,69)70)19-14-24-59(66)76-5)38-65(64)78-62-35-42(47-17-8-12-22-57(47)74-3)27-31-51(62)52-32-28-43(36-63(52)78)48-18-9-13-23-58(48)75-4/h6-38H. The van der Waals surface area contributed by atoms with Crippen LogP contribution in [0.15, 0.2) is 200 Å². The zero-order valence-electron chi connectivity index (χ0n) is 40.8. The zero-order chi connectivity index (χ0) is 53.8. The van der Waals surface area contributed by atoms with Crippen molar-refractivity contribution in [3.05, 3.63) is 268 Å². The smallest absolute Gasteiger partial charge is 0.307 e. The average molecular weight is 1010 g/mol. The fourth-order valence-corrected chi connectivity index (χ4v) is 10.9. The van der Waals surface area contributed by atoms with E-state index in [0.717, 1.165) is 27.6 Å². The summed E-state index contributed by atoms with van der Waals surface area (Å²) in [6.07, 6.45) is -4.94. The molecule has 0 N–H and O–H groups in total. The SMILES string of the molecule is [C-]#[N+]c1ccccc1-c1ccc2c3ccc(-c4ccccc4[N+]#[C-])cc3n(-c3cc(C#N)c(-c4c([N+]#[C-])cccc4C(F)(F)F)cc3-n3c4cc(-c5ccccc5[N+]#[C-])ccc4c4ccc(-c5ccccc5[N+]#[C-])cc43)c2c1. The van der Waals surface area contributed by atoms with Crippen LogP contribution in [0.5, 0.6) is 0 Å². The number of nitriles is 1. The summed E-state index contributed by atoms with van der Waals surface area (Å²) < 4.78 is 50.3. The molecule has 0 bridgehead atoms. The molecule has 8 nitrogen and oxygen atoms in total. The molecule has 2 aromatic heterocycles. The summed E-state index contributed by atoms with van der Waals surface area (Å²) in [6.45, 7) is 40.6. The molecule has 362 valence electrons. The van der Waals surface area contributed by atoms with E-state index in [1.807, 2.05) is 130 Å². The van der Waals surface area contributed by atoms with E-state index in [2.05, 4.69) is 30.3 Å². The number of hydrogen-bond donors (Lipinski definition) is 0. The molecule has 2 heterocycles. The van der Waals surface area contributed by atoms with Gasteiger partial charge in [-0.25, -0.2) is 24.2 Å². The molecule has 10 aromatic carbocycles. The fraction of sp³-hybridized carbons (Fsp3) is 0.0149. The quantitative estimate of drug-likeness (QED) is 0.147. The third-order valence-electron chi connectivity index (χ3n) is 14.3. The third-order valence-corrected chi connectivity index (χ3v) is 14.3. The minimum absolute atomic E-state index is 0.131. The molecule has 11 heteroatoms. The fourth-order valence-electron chi connectivity index (χ4n) is 10.9. The van der Waals surface area contributed by atoms with Gasteiger partial charge in [-0.15, -0.1) is 0 Å². The van der Waals surface area contributed by atoms with E-state index in [0.29, 0.717) is 101 Å². The van der Waals surface area contributed by atoms with Crippen LogP contribution in [0.2, 0.25) is 0 Å². The Balaban J connectivity index is 1.31. The minimum Gasteiger partial charge on any atom is -0.307 e. The van der Waals surface area contributed by atoms with Crippen molar-refractivity contribution < 1.29 is 13.2 Å². The summed E-state index contributed by atoms with van der Waals surface area (Å²) in [6, 6.07) is 61.3. The van der Waals surface area contributed by atoms with Gasteiger partial charge in [0.15, 0.2) is 28.4 Å². The number of fused-ring (bicyclic) bond motifs is 6. The second-order valence-electron chi connectivity index (χ2n) is 18.4. The molecule has 0 atom stereocenters. The Labute approximate surface area is 445 Å². The van der Waals surface area contributed by atoms with Crippen molar-refractivity contribution in [1.29, 1.82) is 5.26 Å². The number of hydrogen-bond acceptors (Lipinski definition) is 1. The van der Waals surface area contributed by atoms with Crippen molar-refractivity contribution in [3.8, 4) is 73.1 Å². The van der Waals surface area contributed by atoms with Gasteiger partial charge in [0.05, 0.1) is 83.5 Å². The molecular weight excluding hydrogens is 974 g/mol. The van der Waals surface area contributed by atoms with Gasteiger partial charge in [0.2, 0.25) is 0 Å². The number of benzene rings is 10. The summed E-state index contributed by atoms with van der Waals surface area (Å²) in [7, 11) is 0. The third kappa shape index (κ3) is 7.65. The van der Waals surface area contributed by atoms with Crippen LogP contribution in [-0.4, -0.2) is 9.13 Å². The van der Waals surface area contributed by atoms with Crippen LogP contribution in [-0.2, 0) is 6.18 Å². The van der Waals surface area contributed by atoms with Gasteiger partial charge in [-0.3, -0.25) is 0 Å². The molecule has 0 aliphatic carbocycles. The predicted octanol–water partition coefficient (Wildman–Crippen LogP) is 19.9. The Hall–Kier alpha value is -11.5. The van der Waals surface area contributed by atoms with Gasteiger partial charge in [0.25, 0.3) is 0 Å². The molecule has 0 amide bonds. The average Bonchev–Trinajstić information content (AvgIpc) is 4.07. The lowest BCUT2D eigenvalue weighted by Crippen LogP contribution is -2.09. The van der Waals surface area contributed by atoms with Crippen molar-refractivity contribution in [2.24, 2.45) is 0 Å². The van der Waals surface area contributed by atoms with Gasteiger partial charge in [-0.1, -0.05) is 164 Å². The van der Waals surface area contributed by atoms with E-state index in [9.17, 15) is 5.26 Å². The van der Waals surface area contributed by atoms with Gasteiger partial charge in [-0.05, 0) is 86.5 Å². The molecule has 12 aromatic rings. The molecule has 0 aliphatic heterocycles. The molecule has 0 spiro atoms. The van der Waals surface area contributed by atoms with Gasteiger partial charge < -0.3 is 9.13 Å². The number of aromatic nitrogens is 2. The Morgan fingerprint density at radius 2 is 0.679 bits per heavy atom. The Morgan fingerprint density at radius 1 is 0.359 bits per heavy atom. The van der Waals surface area contributed by atoms with Gasteiger partial charge in [0, 0.05) is 27.1 Å². The number of rotatable bonds is 7. The lowest BCUT2D eigenvalue weighted by molar-refractivity contribution is -0.137. The van der Waals surface area contributed by atoms with Crippen molar-refractivity contribution in [3.63, 3.8) is 0 Å². The van der Waals surface area contributed by atoms with Crippen molar-refractivity contribution >= 4 is 72.0 Å². The minimum atomic E-state index is -4.94. The molecule has 0 aliphatic rings. The van der Waals surface area contributed by atoms with E-state index in [1.165, 1.54) is 12.1 Å². The predicted molar refractivity (Wildman–Crippen MR) is 303 cm³/mol. The number of para-hydroxylation sites is 4. The highest BCUT2D eigenvalue weighted by molar-refractivity contribution is 6.14.